The van der Waals surface area contributed by atoms with E-state index in [2.05, 4.69) is 25.6 Å². The first-order valence-electron chi connectivity index (χ1n) is 10.9. The van der Waals surface area contributed by atoms with E-state index in [1.165, 1.54) is 0 Å². The number of hydrogen-bond donors (Lipinski definition) is 3. The van der Waals surface area contributed by atoms with Crippen LogP contribution in [0.25, 0.3) is 11.1 Å². The minimum Gasteiger partial charge on any atom is -0.480 e. The smallest absolute Gasteiger partial charge is 0.412 e. The molecule has 1 unspecified atom stereocenters. The van der Waals surface area contributed by atoms with E-state index >= 15 is 0 Å². The summed E-state index contributed by atoms with van der Waals surface area (Å²) in [6, 6.07) is 14.7. The summed E-state index contributed by atoms with van der Waals surface area (Å²) >= 11 is 0. The molecule has 3 aromatic rings. The van der Waals surface area contributed by atoms with Crippen LogP contribution in [0, 0.1) is 5.92 Å². The van der Waals surface area contributed by atoms with Crippen molar-refractivity contribution in [3.63, 3.8) is 0 Å². The Bertz CT molecular complexity index is 1180. The number of nitrogens with zero attached hydrogens (tertiary/aromatic N) is 2. The van der Waals surface area contributed by atoms with Crippen LogP contribution in [0.3, 0.4) is 0 Å². The number of aromatic nitrogens is 2. The Balaban J connectivity index is 1.42. The highest BCUT2D eigenvalue weighted by atomic mass is 16.6. The first kappa shape index (κ1) is 23.0. The van der Waals surface area contributed by atoms with Gasteiger partial charge in [-0.25, -0.2) is 14.2 Å². The first-order valence-corrected chi connectivity index (χ1v) is 10.9. The fourth-order valence-corrected chi connectivity index (χ4v) is 4.04. The Morgan fingerprint density at radius 2 is 1.68 bits per heavy atom. The van der Waals surface area contributed by atoms with Gasteiger partial charge in [-0.15, -0.1) is 0 Å². The molecule has 1 aromatic heterocycles. The molecule has 0 aliphatic heterocycles. The van der Waals surface area contributed by atoms with Crippen LogP contribution in [-0.2, 0) is 9.53 Å². The molecule has 1 aliphatic rings. The van der Waals surface area contributed by atoms with Gasteiger partial charge in [0.25, 0.3) is 5.91 Å². The number of carbonyl (C=O) groups is 3. The summed E-state index contributed by atoms with van der Waals surface area (Å²) in [7, 11) is 0. The number of carbonyl (C=O) groups excluding carboxylic acids is 2. The van der Waals surface area contributed by atoms with E-state index < -0.39 is 24.0 Å². The van der Waals surface area contributed by atoms with Crippen LogP contribution in [0.2, 0.25) is 0 Å². The van der Waals surface area contributed by atoms with Crippen molar-refractivity contribution < 1.29 is 28.9 Å². The average molecular weight is 464 g/mol. The van der Waals surface area contributed by atoms with Crippen molar-refractivity contribution in [2.45, 2.75) is 32.2 Å². The zero-order chi connectivity index (χ0) is 24.2. The van der Waals surface area contributed by atoms with Gasteiger partial charge in [0.2, 0.25) is 11.5 Å². The number of fused-ring (bicyclic) bond motifs is 3. The van der Waals surface area contributed by atoms with E-state index in [4.69, 9.17) is 4.74 Å². The van der Waals surface area contributed by atoms with Gasteiger partial charge >= 0.3 is 12.1 Å². The van der Waals surface area contributed by atoms with Crippen LogP contribution in [-0.4, -0.2) is 46.0 Å². The third-order valence-electron chi connectivity index (χ3n) is 6.03. The number of anilines is 1. The Kier molecular flexibility index (Phi) is 6.58. The van der Waals surface area contributed by atoms with Crippen LogP contribution < -0.4 is 10.6 Å². The normalized spacial score (nSPS) is 13.9. The summed E-state index contributed by atoms with van der Waals surface area (Å²) < 4.78 is 10.0. The number of amides is 2. The Morgan fingerprint density at radius 3 is 2.26 bits per heavy atom. The largest absolute Gasteiger partial charge is 0.480 e. The van der Waals surface area contributed by atoms with E-state index in [0.717, 1.165) is 22.3 Å². The summed E-state index contributed by atoms with van der Waals surface area (Å²) in [5.41, 5.74) is 3.97. The van der Waals surface area contributed by atoms with E-state index in [9.17, 15) is 19.5 Å². The number of ether oxygens (including phenoxy) is 1. The third-order valence-corrected chi connectivity index (χ3v) is 6.03. The van der Waals surface area contributed by atoms with Gasteiger partial charge < -0.3 is 15.2 Å². The molecule has 0 saturated heterocycles. The molecular weight excluding hydrogens is 440 g/mol. The van der Waals surface area contributed by atoms with E-state index in [1.54, 1.807) is 6.92 Å². The standard InChI is InChI=1S/C24H24N4O6/c1-3-13(2)19(23(30)31)25-22(29)20-21(28-34-27-20)26-24(32)33-12-18-16-10-6-4-8-14(16)15-9-5-7-11-17(15)18/h4-11,13,18-19H,3,12H2,1-2H3,(H,25,29)(H,30,31)(H,26,28,32)/t13?,19-/m0/s1. The van der Waals surface area contributed by atoms with Crippen molar-refractivity contribution in [3.05, 3.63) is 65.4 Å². The van der Waals surface area contributed by atoms with Gasteiger partial charge in [0.1, 0.15) is 12.6 Å². The molecule has 0 radical (unpaired) electrons. The Hall–Kier alpha value is -4.21. The quantitative estimate of drug-likeness (QED) is 0.458. The number of rotatable bonds is 8. The van der Waals surface area contributed by atoms with Gasteiger partial charge in [-0.05, 0) is 38.5 Å². The molecule has 2 amide bonds. The van der Waals surface area contributed by atoms with Crippen molar-refractivity contribution in [2.75, 3.05) is 11.9 Å². The molecule has 2 aromatic carbocycles. The van der Waals surface area contributed by atoms with E-state index in [-0.39, 0.29) is 30.0 Å². The van der Waals surface area contributed by atoms with Crippen LogP contribution in [0.5, 0.6) is 0 Å². The molecule has 0 fully saturated rings. The topological polar surface area (TPSA) is 144 Å². The number of carboxylic acids is 1. The highest BCUT2D eigenvalue weighted by Crippen LogP contribution is 2.44. The molecule has 4 rings (SSSR count). The minimum absolute atomic E-state index is 0.0712. The van der Waals surface area contributed by atoms with Crippen molar-refractivity contribution in [3.8, 4) is 11.1 Å². The number of nitrogens with one attached hydrogen (secondary N) is 2. The van der Waals surface area contributed by atoms with Gasteiger partial charge in [-0.2, -0.15) is 0 Å². The third kappa shape index (κ3) is 4.47. The summed E-state index contributed by atoms with van der Waals surface area (Å²) in [6.45, 7) is 3.59. The van der Waals surface area contributed by atoms with Gasteiger partial charge in [-0.3, -0.25) is 10.1 Å². The van der Waals surface area contributed by atoms with Gasteiger partial charge in [0.15, 0.2) is 0 Å². The summed E-state index contributed by atoms with van der Waals surface area (Å²) in [5.74, 6) is -2.72. The second kappa shape index (κ2) is 9.74. The average Bonchev–Trinajstić information content (AvgIpc) is 3.43. The maximum absolute atomic E-state index is 12.6. The molecule has 2 atom stereocenters. The maximum Gasteiger partial charge on any atom is 0.412 e. The van der Waals surface area contributed by atoms with Crippen molar-refractivity contribution in [1.82, 2.24) is 15.6 Å². The number of hydrogen-bond acceptors (Lipinski definition) is 7. The monoisotopic (exact) mass is 464 g/mol. The lowest BCUT2D eigenvalue weighted by atomic mass is 9.98. The zero-order valence-electron chi connectivity index (χ0n) is 18.6. The SMILES string of the molecule is CCC(C)[C@H](NC(=O)c1nonc1NC(=O)OCC1c2ccccc2-c2ccccc21)C(=O)O. The molecule has 0 bridgehead atoms. The lowest BCUT2D eigenvalue weighted by Crippen LogP contribution is -2.45. The second-order valence-electron chi connectivity index (χ2n) is 8.09. The lowest BCUT2D eigenvalue weighted by molar-refractivity contribution is -0.140. The maximum atomic E-state index is 12.6. The predicted molar refractivity (Wildman–Crippen MR) is 121 cm³/mol. The predicted octanol–water partition coefficient (Wildman–Crippen LogP) is 3.66. The zero-order valence-corrected chi connectivity index (χ0v) is 18.6. The molecule has 1 heterocycles. The number of carboxylic acid groups (broad SMARTS) is 1. The molecule has 3 N–H and O–H groups in total. The van der Waals surface area contributed by atoms with Crippen LogP contribution >= 0.6 is 0 Å². The van der Waals surface area contributed by atoms with E-state index in [1.807, 2.05) is 55.5 Å². The van der Waals surface area contributed by atoms with Gasteiger partial charge in [0.05, 0.1) is 0 Å². The second-order valence-corrected chi connectivity index (χ2v) is 8.09. The molecule has 10 nitrogen and oxygen atoms in total. The molecule has 10 heteroatoms. The van der Waals surface area contributed by atoms with Crippen LogP contribution in [0.1, 0.15) is 47.8 Å². The molecular formula is C24H24N4O6. The summed E-state index contributed by atoms with van der Waals surface area (Å²) in [6.07, 6.45) is -0.303. The van der Waals surface area contributed by atoms with E-state index in [0.29, 0.717) is 6.42 Å². The molecule has 34 heavy (non-hydrogen) atoms. The van der Waals surface area contributed by atoms with Crippen molar-refractivity contribution in [1.29, 1.82) is 0 Å². The molecule has 0 spiro atoms. The minimum atomic E-state index is -1.18. The summed E-state index contributed by atoms with van der Waals surface area (Å²) in [5, 5.41) is 21.2. The molecule has 1 aliphatic carbocycles. The fraction of sp³-hybridized carbons (Fsp3) is 0.292. The van der Waals surface area contributed by atoms with Crippen LogP contribution in [0.15, 0.2) is 53.2 Å². The van der Waals surface area contributed by atoms with Gasteiger partial charge in [0, 0.05) is 5.92 Å². The highest BCUT2D eigenvalue weighted by molar-refractivity contribution is 6.01. The lowest BCUT2D eigenvalue weighted by Gasteiger charge is -2.19. The fourth-order valence-electron chi connectivity index (χ4n) is 4.04. The van der Waals surface area contributed by atoms with Crippen molar-refractivity contribution >= 4 is 23.8 Å². The number of aliphatic carboxylic acids is 1. The Morgan fingerprint density at radius 1 is 1.06 bits per heavy atom. The van der Waals surface area contributed by atoms with Crippen LogP contribution in [0.4, 0.5) is 10.6 Å². The highest BCUT2D eigenvalue weighted by Gasteiger charge is 2.31. The molecule has 176 valence electrons. The van der Waals surface area contributed by atoms with Crippen molar-refractivity contribution in [2.24, 2.45) is 5.92 Å². The first-order chi connectivity index (χ1) is 16.4. The number of benzene rings is 2. The molecule has 0 saturated carbocycles. The van der Waals surface area contributed by atoms with Gasteiger partial charge in [-0.1, -0.05) is 68.8 Å². The summed E-state index contributed by atoms with van der Waals surface area (Å²) in [4.78, 5) is 36.5. The Labute approximate surface area is 195 Å².